The van der Waals surface area contributed by atoms with Crippen LogP contribution in [0, 0.1) is 6.92 Å². The molecule has 118 valence electrons. The highest BCUT2D eigenvalue weighted by Gasteiger charge is 2.17. The normalized spacial score (nSPS) is 12.0. The molecule has 3 aromatic rings. The topological polar surface area (TPSA) is 42.2 Å². The van der Waals surface area contributed by atoms with E-state index in [0.717, 1.165) is 17.1 Å². The first-order chi connectivity index (χ1) is 11.2. The number of aryl methyl sites for hydroxylation is 1. The maximum atomic E-state index is 12.0. The van der Waals surface area contributed by atoms with Gasteiger partial charge in [-0.25, -0.2) is 0 Å². The van der Waals surface area contributed by atoms with E-state index in [0.29, 0.717) is 6.54 Å². The molecule has 0 aliphatic rings. The molecule has 0 aliphatic carbocycles. The molecule has 2 heterocycles. The number of hydrogen-bond donors (Lipinski definition) is 1. The van der Waals surface area contributed by atoms with E-state index in [4.69, 9.17) is 4.42 Å². The van der Waals surface area contributed by atoms with Crippen molar-refractivity contribution in [1.82, 2.24) is 5.32 Å². The number of hydrogen-bond acceptors (Lipinski definition) is 3. The molecule has 0 saturated carbocycles. The molecule has 4 heteroatoms. The molecule has 1 unspecified atom stereocenters. The molecule has 3 rings (SSSR count). The Morgan fingerprint density at radius 2 is 2.00 bits per heavy atom. The van der Waals surface area contributed by atoms with Crippen LogP contribution in [0.15, 0.2) is 64.6 Å². The number of carbonyl (C=O) groups excluding carboxylic acids is 1. The third-order valence-electron chi connectivity index (χ3n) is 3.83. The first-order valence-electron chi connectivity index (χ1n) is 7.65. The first kappa shape index (κ1) is 15.6. The van der Waals surface area contributed by atoms with Gasteiger partial charge in [0, 0.05) is 12.5 Å². The van der Waals surface area contributed by atoms with Gasteiger partial charge in [0.05, 0.1) is 11.1 Å². The van der Waals surface area contributed by atoms with E-state index in [1.165, 1.54) is 22.5 Å². The Kier molecular flexibility index (Phi) is 4.93. The molecule has 0 fully saturated rings. The number of nitrogens with one attached hydrogen (secondary N) is 1. The minimum Gasteiger partial charge on any atom is -0.469 e. The average Bonchev–Trinajstić information content (AvgIpc) is 3.26. The summed E-state index contributed by atoms with van der Waals surface area (Å²) in [4.78, 5) is 12.8. The van der Waals surface area contributed by atoms with E-state index in [-0.39, 0.29) is 11.8 Å². The van der Waals surface area contributed by atoms with Gasteiger partial charge in [-0.2, -0.15) is 0 Å². The quantitative estimate of drug-likeness (QED) is 0.719. The first-order valence-corrected chi connectivity index (χ1v) is 8.53. The van der Waals surface area contributed by atoms with E-state index in [1.54, 1.807) is 6.26 Å². The maximum absolute atomic E-state index is 12.0. The minimum absolute atomic E-state index is 0.0119. The number of rotatable bonds is 6. The molecule has 1 aromatic carbocycles. The van der Waals surface area contributed by atoms with Crippen molar-refractivity contribution in [3.63, 3.8) is 0 Å². The summed E-state index contributed by atoms with van der Waals surface area (Å²) in [6.07, 6.45) is 2.49. The highest BCUT2D eigenvalue weighted by molar-refractivity contribution is 7.12. The highest BCUT2D eigenvalue weighted by atomic mass is 32.1. The van der Waals surface area contributed by atoms with E-state index in [2.05, 4.69) is 36.5 Å². The molecule has 3 nitrogen and oxygen atoms in total. The lowest BCUT2D eigenvalue weighted by Gasteiger charge is -2.16. The van der Waals surface area contributed by atoms with Gasteiger partial charge in [0.25, 0.3) is 5.91 Å². The predicted molar refractivity (Wildman–Crippen MR) is 93.0 cm³/mol. The van der Waals surface area contributed by atoms with Gasteiger partial charge in [-0.3, -0.25) is 4.79 Å². The van der Waals surface area contributed by atoms with Gasteiger partial charge in [-0.05, 0) is 42.5 Å². The minimum atomic E-state index is -0.0119. The van der Waals surface area contributed by atoms with Gasteiger partial charge in [0.1, 0.15) is 5.76 Å². The Bertz CT molecular complexity index is 730. The van der Waals surface area contributed by atoms with Crippen molar-refractivity contribution in [2.75, 3.05) is 6.54 Å². The summed E-state index contributed by atoms with van der Waals surface area (Å²) in [6.45, 7) is 2.68. The van der Waals surface area contributed by atoms with Crippen LogP contribution in [0.3, 0.4) is 0 Å². The van der Waals surface area contributed by atoms with Gasteiger partial charge in [-0.15, -0.1) is 11.3 Å². The van der Waals surface area contributed by atoms with Crippen molar-refractivity contribution in [2.24, 2.45) is 0 Å². The predicted octanol–water partition coefficient (Wildman–Crippen LogP) is 4.60. The fourth-order valence-corrected chi connectivity index (χ4v) is 3.23. The molecule has 0 bridgehead atoms. The summed E-state index contributed by atoms with van der Waals surface area (Å²) in [7, 11) is 0. The van der Waals surface area contributed by atoms with E-state index in [9.17, 15) is 4.79 Å². The van der Waals surface area contributed by atoms with Crippen molar-refractivity contribution < 1.29 is 9.21 Å². The second-order valence-electron chi connectivity index (χ2n) is 5.50. The Hall–Kier alpha value is -2.33. The fraction of sp³-hybridized carbons (Fsp3) is 0.211. The molecule has 0 saturated heterocycles. The molecule has 0 aliphatic heterocycles. The summed E-state index contributed by atoms with van der Waals surface area (Å²) >= 11 is 1.46. The molecule has 2 aromatic heterocycles. The van der Waals surface area contributed by atoms with Crippen molar-refractivity contribution in [1.29, 1.82) is 0 Å². The number of amides is 1. The summed E-state index contributed by atoms with van der Waals surface area (Å²) in [5.74, 6) is 1.07. The monoisotopic (exact) mass is 325 g/mol. The van der Waals surface area contributed by atoms with Crippen LogP contribution in [0.2, 0.25) is 0 Å². The molecule has 1 amide bonds. The maximum Gasteiger partial charge on any atom is 0.261 e. The average molecular weight is 325 g/mol. The van der Waals surface area contributed by atoms with Crippen LogP contribution < -0.4 is 5.32 Å². The zero-order valence-electron chi connectivity index (χ0n) is 13.0. The lowest BCUT2D eigenvalue weighted by molar-refractivity contribution is 0.0956. The van der Waals surface area contributed by atoms with Gasteiger partial charge in [0.15, 0.2) is 0 Å². The Balaban J connectivity index is 1.67. The zero-order chi connectivity index (χ0) is 16.1. The van der Waals surface area contributed by atoms with Gasteiger partial charge >= 0.3 is 0 Å². The molecular weight excluding hydrogens is 306 g/mol. The summed E-state index contributed by atoms with van der Waals surface area (Å²) in [5, 5.41) is 4.90. The van der Waals surface area contributed by atoms with Gasteiger partial charge in [0.2, 0.25) is 0 Å². The van der Waals surface area contributed by atoms with E-state index < -0.39 is 0 Å². The van der Waals surface area contributed by atoms with E-state index >= 15 is 0 Å². The van der Waals surface area contributed by atoms with Crippen LogP contribution in [-0.4, -0.2) is 12.5 Å². The van der Waals surface area contributed by atoms with Crippen LogP contribution in [0.25, 0.3) is 0 Å². The standard InChI is InChI=1S/C19H19NO2S/c1-14-6-8-15(9-7-14)16(17-4-2-12-22-17)10-11-20-19(21)18-5-3-13-23-18/h2-9,12-13,16H,10-11H2,1H3,(H,20,21). The Morgan fingerprint density at radius 1 is 1.17 bits per heavy atom. The second kappa shape index (κ2) is 7.29. The van der Waals surface area contributed by atoms with Crippen molar-refractivity contribution in [2.45, 2.75) is 19.3 Å². The smallest absolute Gasteiger partial charge is 0.261 e. The van der Waals surface area contributed by atoms with Crippen LogP contribution >= 0.6 is 11.3 Å². The number of carbonyl (C=O) groups is 1. The SMILES string of the molecule is Cc1ccc(C(CCNC(=O)c2cccs2)c2ccco2)cc1. The summed E-state index contributed by atoms with van der Waals surface area (Å²) in [5.41, 5.74) is 2.44. The molecule has 0 radical (unpaired) electrons. The van der Waals surface area contributed by atoms with Crippen molar-refractivity contribution >= 4 is 17.2 Å². The Labute approximate surface area is 140 Å². The number of furan rings is 1. The summed E-state index contributed by atoms with van der Waals surface area (Å²) < 4.78 is 5.60. The third-order valence-corrected chi connectivity index (χ3v) is 4.70. The lowest BCUT2D eigenvalue weighted by Crippen LogP contribution is -2.25. The molecule has 1 atom stereocenters. The van der Waals surface area contributed by atoms with E-state index in [1.807, 2.05) is 29.6 Å². The number of thiophene rings is 1. The molecular formula is C19H19NO2S. The zero-order valence-corrected chi connectivity index (χ0v) is 13.8. The highest BCUT2D eigenvalue weighted by Crippen LogP contribution is 2.28. The van der Waals surface area contributed by atoms with Gasteiger partial charge in [-0.1, -0.05) is 35.9 Å². The third kappa shape index (κ3) is 3.90. The molecule has 0 spiro atoms. The second-order valence-corrected chi connectivity index (χ2v) is 6.45. The number of benzene rings is 1. The summed E-state index contributed by atoms with van der Waals surface area (Å²) in [6, 6.07) is 16.1. The molecule has 1 N–H and O–H groups in total. The van der Waals surface area contributed by atoms with Crippen molar-refractivity contribution in [3.05, 3.63) is 81.9 Å². The van der Waals surface area contributed by atoms with Crippen molar-refractivity contribution in [3.8, 4) is 0 Å². The fourth-order valence-electron chi connectivity index (χ4n) is 2.59. The largest absolute Gasteiger partial charge is 0.469 e. The van der Waals surface area contributed by atoms with Crippen LogP contribution in [0.5, 0.6) is 0 Å². The Morgan fingerprint density at radius 3 is 2.65 bits per heavy atom. The van der Waals surface area contributed by atoms with Crippen LogP contribution in [0.1, 0.15) is 38.9 Å². The van der Waals surface area contributed by atoms with Gasteiger partial charge < -0.3 is 9.73 Å². The lowest BCUT2D eigenvalue weighted by atomic mass is 9.92. The van der Waals surface area contributed by atoms with Crippen LogP contribution in [0.4, 0.5) is 0 Å². The van der Waals surface area contributed by atoms with Crippen LogP contribution in [-0.2, 0) is 0 Å². The molecule has 23 heavy (non-hydrogen) atoms.